The van der Waals surface area contributed by atoms with Crippen LogP contribution in [-0.4, -0.2) is 27.6 Å². The summed E-state index contributed by atoms with van der Waals surface area (Å²) in [5, 5.41) is 15.5. The van der Waals surface area contributed by atoms with Gasteiger partial charge in [0.25, 0.3) is 0 Å². The van der Waals surface area contributed by atoms with Gasteiger partial charge in [-0.25, -0.2) is 4.98 Å². The Morgan fingerprint density at radius 2 is 2.24 bits per heavy atom. The number of aromatic nitrogens is 2. The molecule has 3 heterocycles. The molecule has 4 rings (SSSR count). The molecule has 106 valence electrons. The maximum Gasteiger partial charge on any atom is 0.327 e. The van der Waals surface area contributed by atoms with E-state index < -0.39 is 12.0 Å². The van der Waals surface area contributed by atoms with E-state index in [1.165, 1.54) is 4.70 Å². The summed E-state index contributed by atoms with van der Waals surface area (Å²) in [6, 6.07) is 7.44. The molecule has 0 amide bonds. The van der Waals surface area contributed by atoms with Crippen LogP contribution < -0.4 is 5.32 Å². The largest absolute Gasteiger partial charge is 0.480 e. The van der Waals surface area contributed by atoms with E-state index >= 15 is 0 Å². The van der Waals surface area contributed by atoms with E-state index in [2.05, 4.69) is 32.8 Å². The van der Waals surface area contributed by atoms with Gasteiger partial charge in [0.2, 0.25) is 0 Å². The first-order chi connectivity index (χ1) is 10.2. The van der Waals surface area contributed by atoms with Gasteiger partial charge >= 0.3 is 5.97 Å². The second-order valence-corrected chi connectivity index (χ2v) is 5.98. The van der Waals surface area contributed by atoms with Crippen LogP contribution in [0.5, 0.6) is 0 Å². The van der Waals surface area contributed by atoms with Crippen LogP contribution in [0.3, 0.4) is 0 Å². The van der Waals surface area contributed by atoms with Gasteiger partial charge in [0, 0.05) is 39.7 Å². The van der Waals surface area contributed by atoms with E-state index in [9.17, 15) is 9.90 Å². The van der Waals surface area contributed by atoms with Crippen LogP contribution in [-0.2, 0) is 11.2 Å². The molecule has 0 radical (unpaired) electrons. The summed E-state index contributed by atoms with van der Waals surface area (Å²) in [6.45, 7) is 0.649. The number of carboxylic acids is 1. The van der Waals surface area contributed by atoms with Crippen LogP contribution in [0.15, 0.2) is 29.6 Å². The summed E-state index contributed by atoms with van der Waals surface area (Å²) < 4.78 is 1.20. The summed E-state index contributed by atoms with van der Waals surface area (Å²) in [7, 11) is 0. The summed E-state index contributed by atoms with van der Waals surface area (Å²) in [5.41, 5.74) is 2.57. The number of carboxylic acid groups (broad SMARTS) is 1. The fourth-order valence-corrected chi connectivity index (χ4v) is 3.73. The second kappa shape index (κ2) is 4.68. The Labute approximate surface area is 124 Å². The minimum Gasteiger partial charge on any atom is -0.480 e. The van der Waals surface area contributed by atoms with Gasteiger partial charge in [-0.1, -0.05) is 18.2 Å². The lowest BCUT2D eigenvalue weighted by Gasteiger charge is -2.18. The molecule has 6 heteroatoms. The average molecular weight is 299 g/mol. The molecule has 1 aliphatic rings. The Hall–Kier alpha value is -2.18. The average Bonchev–Trinajstić information content (AvgIpc) is 3.09. The highest BCUT2D eigenvalue weighted by Gasteiger charge is 2.29. The quantitative estimate of drug-likeness (QED) is 0.679. The number of hydrogen-bond donors (Lipinski definition) is 3. The molecule has 0 spiro atoms. The molecule has 0 saturated carbocycles. The first kappa shape index (κ1) is 12.6. The number of fused-ring (bicyclic) bond motifs is 2. The Morgan fingerprint density at radius 1 is 1.38 bits per heavy atom. The van der Waals surface area contributed by atoms with E-state index in [0.717, 1.165) is 28.9 Å². The highest BCUT2D eigenvalue weighted by Crippen LogP contribution is 2.34. The molecule has 0 aliphatic carbocycles. The lowest BCUT2D eigenvalue weighted by molar-refractivity contribution is -0.139. The predicted octanol–water partition coefficient (Wildman–Crippen LogP) is 2.56. The van der Waals surface area contributed by atoms with E-state index in [-0.39, 0.29) is 0 Å². The molecular weight excluding hydrogens is 286 g/mol. The van der Waals surface area contributed by atoms with Crippen molar-refractivity contribution in [3.8, 4) is 11.4 Å². The summed E-state index contributed by atoms with van der Waals surface area (Å²) >= 11 is 1.67. The number of carbonyl (C=O) groups is 1. The van der Waals surface area contributed by atoms with Crippen LogP contribution in [0.4, 0.5) is 0 Å². The number of rotatable bonds is 2. The zero-order chi connectivity index (χ0) is 14.4. The molecule has 3 N–H and O–H groups in total. The van der Waals surface area contributed by atoms with E-state index in [0.29, 0.717) is 12.2 Å². The van der Waals surface area contributed by atoms with Crippen molar-refractivity contribution in [3.63, 3.8) is 0 Å². The van der Waals surface area contributed by atoms with Crippen LogP contribution in [0.25, 0.3) is 21.5 Å². The van der Waals surface area contributed by atoms with Crippen LogP contribution in [0, 0.1) is 0 Å². The van der Waals surface area contributed by atoms with Crippen molar-refractivity contribution in [2.75, 3.05) is 6.54 Å². The maximum absolute atomic E-state index is 11.3. The van der Waals surface area contributed by atoms with Crippen molar-refractivity contribution in [1.29, 1.82) is 0 Å². The molecular formula is C15H13N3O2S. The number of hydrogen-bond acceptors (Lipinski definition) is 4. The summed E-state index contributed by atoms with van der Waals surface area (Å²) in [5.74, 6) is -0.128. The van der Waals surface area contributed by atoms with Gasteiger partial charge in [-0.3, -0.25) is 10.1 Å². The lowest BCUT2D eigenvalue weighted by atomic mass is 10.1. The maximum atomic E-state index is 11.3. The molecule has 1 aromatic carbocycles. The van der Waals surface area contributed by atoms with Crippen molar-refractivity contribution in [2.45, 2.75) is 12.5 Å². The molecule has 3 aromatic rings. The fraction of sp³-hybridized carbons (Fsp3) is 0.200. The van der Waals surface area contributed by atoms with Crippen molar-refractivity contribution in [3.05, 3.63) is 41.0 Å². The second-order valence-electron chi connectivity index (χ2n) is 5.07. The number of thiophene rings is 1. The number of imidazole rings is 1. The van der Waals surface area contributed by atoms with E-state index in [1.807, 2.05) is 12.1 Å². The van der Waals surface area contributed by atoms with Gasteiger partial charge in [0.05, 0.1) is 5.69 Å². The first-order valence-electron chi connectivity index (χ1n) is 6.75. The molecule has 1 aliphatic heterocycles. The third kappa shape index (κ3) is 1.95. The van der Waals surface area contributed by atoms with Crippen molar-refractivity contribution in [1.82, 2.24) is 15.3 Å². The number of nitrogens with one attached hydrogen (secondary N) is 2. The topological polar surface area (TPSA) is 78.0 Å². The van der Waals surface area contributed by atoms with Gasteiger partial charge in [-0.2, -0.15) is 0 Å². The minimum absolute atomic E-state index is 0.610. The Morgan fingerprint density at radius 3 is 3.10 bits per heavy atom. The monoisotopic (exact) mass is 299 g/mol. The van der Waals surface area contributed by atoms with Crippen LogP contribution in [0.2, 0.25) is 0 Å². The Kier molecular flexibility index (Phi) is 2.80. The summed E-state index contributed by atoms with van der Waals surface area (Å²) in [6.07, 6.45) is 0.772. The SMILES string of the molecule is O=C(O)C1NCCc2[nH]c(-c3csc4ccccc34)nc21. The van der Waals surface area contributed by atoms with Gasteiger partial charge in [-0.05, 0) is 6.07 Å². The minimum atomic E-state index is -0.885. The van der Waals surface area contributed by atoms with Crippen molar-refractivity contribution in [2.24, 2.45) is 0 Å². The van der Waals surface area contributed by atoms with Crippen LogP contribution >= 0.6 is 11.3 Å². The number of aromatic amines is 1. The molecule has 1 atom stereocenters. The van der Waals surface area contributed by atoms with Gasteiger partial charge in [-0.15, -0.1) is 11.3 Å². The number of H-pyrrole nitrogens is 1. The molecule has 2 aromatic heterocycles. The third-order valence-electron chi connectivity index (χ3n) is 3.79. The normalized spacial score (nSPS) is 17.8. The highest BCUT2D eigenvalue weighted by molar-refractivity contribution is 7.17. The number of benzene rings is 1. The lowest BCUT2D eigenvalue weighted by Crippen LogP contribution is -2.35. The number of nitrogens with zero attached hydrogens (tertiary/aromatic N) is 1. The van der Waals surface area contributed by atoms with Crippen molar-refractivity contribution < 1.29 is 9.90 Å². The Bertz CT molecular complexity index is 836. The molecule has 0 bridgehead atoms. The summed E-state index contributed by atoms with van der Waals surface area (Å²) in [4.78, 5) is 19.2. The predicted molar refractivity (Wildman–Crippen MR) is 81.5 cm³/mol. The van der Waals surface area contributed by atoms with Gasteiger partial charge < -0.3 is 10.1 Å². The molecule has 0 saturated heterocycles. The number of aliphatic carboxylic acids is 1. The zero-order valence-corrected chi connectivity index (χ0v) is 11.9. The smallest absolute Gasteiger partial charge is 0.327 e. The van der Waals surface area contributed by atoms with Gasteiger partial charge in [0.15, 0.2) is 6.04 Å². The zero-order valence-electron chi connectivity index (χ0n) is 11.1. The van der Waals surface area contributed by atoms with E-state index in [4.69, 9.17) is 0 Å². The molecule has 1 unspecified atom stereocenters. The van der Waals surface area contributed by atoms with E-state index in [1.54, 1.807) is 11.3 Å². The van der Waals surface area contributed by atoms with Crippen LogP contribution in [0.1, 0.15) is 17.4 Å². The highest BCUT2D eigenvalue weighted by atomic mass is 32.1. The fourth-order valence-electron chi connectivity index (χ4n) is 2.78. The van der Waals surface area contributed by atoms with Gasteiger partial charge in [0.1, 0.15) is 5.82 Å². The molecule has 0 fully saturated rings. The third-order valence-corrected chi connectivity index (χ3v) is 4.75. The molecule has 21 heavy (non-hydrogen) atoms. The molecule has 5 nitrogen and oxygen atoms in total. The van der Waals surface area contributed by atoms with Crippen molar-refractivity contribution >= 4 is 27.4 Å². The standard InChI is InChI=1S/C15H13N3O2S/c19-15(20)13-12-10(5-6-16-13)17-14(18-12)9-7-21-11-4-2-1-3-8(9)11/h1-4,7,13,16H,5-6H2,(H,17,18)(H,19,20). The first-order valence-corrected chi connectivity index (χ1v) is 7.63. The Balaban J connectivity index is 1.85.